The van der Waals surface area contributed by atoms with Crippen LogP contribution in [0.2, 0.25) is 5.02 Å². The third kappa shape index (κ3) is 6.15. The number of hydrogen-bond acceptors (Lipinski definition) is 4. The molecule has 26 heavy (non-hydrogen) atoms. The summed E-state index contributed by atoms with van der Waals surface area (Å²) in [6.07, 6.45) is 3.46. The Balaban J connectivity index is 2.09. The van der Waals surface area contributed by atoms with Gasteiger partial charge >= 0.3 is 6.09 Å². The minimum atomic E-state index is -0.515. The van der Waals surface area contributed by atoms with Gasteiger partial charge in [0.1, 0.15) is 5.60 Å². The van der Waals surface area contributed by atoms with Gasteiger partial charge in [0, 0.05) is 29.6 Å². The van der Waals surface area contributed by atoms with Gasteiger partial charge in [-0.2, -0.15) is 0 Å². The Morgan fingerprint density at radius 2 is 2.04 bits per heavy atom. The molecule has 1 aliphatic rings. The topological polar surface area (TPSA) is 70.6 Å². The zero-order chi connectivity index (χ0) is 19.2. The van der Waals surface area contributed by atoms with Crippen molar-refractivity contribution in [3.8, 4) is 0 Å². The van der Waals surface area contributed by atoms with E-state index in [1.807, 2.05) is 39.0 Å². The highest BCUT2D eigenvalue weighted by Crippen LogP contribution is 2.40. The number of aliphatic hydroxyl groups is 1. The van der Waals surface area contributed by atoms with Crippen molar-refractivity contribution >= 4 is 17.7 Å². The monoisotopic (exact) mass is 382 g/mol. The Bertz CT molecular complexity index is 593. The highest BCUT2D eigenvalue weighted by atomic mass is 35.5. The van der Waals surface area contributed by atoms with Gasteiger partial charge in [-0.05, 0) is 64.2 Å². The van der Waals surface area contributed by atoms with Crippen molar-refractivity contribution in [3.63, 3.8) is 0 Å². The first-order chi connectivity index (χ1) is 12.2. The van der Waals surface area contributed by atoms with E-state index in [4.69, 9.17) is 21.4 Å². The molecule has 0 spiro atoms. The van der Waals surface area contributed by atoms with Crippen LogP contribution < -0.4 is 10.6 Å². The number of halogens is 1. The molecule has 3 N–H and O–H groups in total. The predicted molar refractivity (Wildman–Crippen MR) is 105 cm³/mol. The fraction of sp³-hybridized carbons (Fsp3) is 0.650. The predicted octanol–water partition coefficient (Wildman–Crippen LogP) is 3.63. The van der Waals surface area contributed by atoms with Gasteiger partial charge in [0.05, 0.1) is 6.61 Å². The van der Waals surface area contributed by atoms with E-state index in [9.17, 15) is 4.79 Å². The SMILES string of the molecule is CC(C)(C)OC(=O)NCC1(c2cccc(Cl)c2)CCC(NCCO)CC1. The minimum Gasteiger partial charge on any atom is -0.444 e. The van der Waals surface area contributed by atoms with Crippen molar-refractivity contribution in [2.24, 2.45) is 0 Å². The normalized spacial score (nSPS) is 23.5. The van der Waals surface area contributed by atoms with Crippen molar-refractivity contribution in [1.82, 2.24) is 10.6 Å². The molecule has 1 fully saturated rings. The van der Waals surface area contributed by atoms with E-state index in [1.165, 1.54) is 0 Å². The molecule has 1 aromatic carbocycles. The number of alkyl carbamates (subject to hydrolysis) is 1. The molecule has 2 rings (SSSR count). The average molecular weight is 383 g/mol. The summed E-state index contributed by atoms with van der Waals surface area (Å²) in [4.78, 5) is 12.1. The van der Waals surface area contributed by atoms with Crippen LogP contribution in [0, 0.1) is 0 Å². The van der Waals surface area contributed by atoms with Gasteiger partial charge in [0.2, 0.25) is 0 Å². The van der Waals surface area contributed by atoms with E-state index in [1.54, 1.807) is 0 Å². The number of hydrogen-bond donors (Lipinski definition) is 3. The first-order valence-electron chi connectivity index (χ1n) is 9.31. The molecule has 0 bridgehead atoms. The van der Waals surface area contributed by atoms with Gasteiger partial charge in [0.15, 0.2) is 0 Å². The molecule has 0 unspecified atom stereocenters. The van der Waals surface area contributed by atoms with Crippen molar-refractivity contribution in [2.75, 3.05) is 19.7 Å². The lowest BCUT2D eigenvalue weighted by Gasteiger charge is -2.41. The number of carbonyl (C=O) groups excluding carboxylic acids is 1. The molecule has 6 heteroatoms. The van der Waals surface area contributed by atoms with Crippen molar-refractivity contribution in [3.05, 3.63) is 34.9 Å². The Morgan fingerprint density at radius 1 is 1.35 bits per heavy atom. The third-order valence-corrected chi connectivity index (χ3v) is 5.13. The zero-order valence-electron chi connectivity index (χ0n) is 16.0. The van der Waals surface area contributed by atoms with Gasteiger partial charge in [-0.1, -0.05) is 23.7 Å². The van der Waals surface area contributed by atoms with Crippen LogP contribution in [-0.4, -0.2) is 42.5 Å². The maximum atomic E-state index is 12.1. The van der Waals surface area contributed by atoms with E-state index >= 15 is 0 Å². The van der Waals surface area contributed by atoms with Crippen LogP contribution in [0.5, 0.6) is 0 Å². The number of carbonyl (C=O) groups is 1. The van der Waals surface area contributed by atoms with Crippen LogP contribution >= 0.6 is 11.6 Å². The molecule has 0 radical (unpaired) electrons. The molecule has 0 heterocycles. The number of ether oxygens (including phenoxy) is 1. The first-order valence-corrected chi connectivity index (χ1v) is 9.69. The Labute approximate surface area is 161 Å². The minimum absolute atomic E-state index is 0.149. The number of nitrogens with one attached hydrogen (secondary N) is 2. The average Bonchev–Trinajstić information content (AvgIpc) is 2.58. The molecule has 1 aromatic rings. The summed E-state index contributed by atoms with van der Waals surface area (Å²) in [5, 5.41) is 16.1. The second kappa shape index (κ2) is 9.07. The molecule has 0 aliphatic heterocycles. The lowest BCUT2D eigenvalue weighted by Crippen LogP contribution is -2.47. The molecule has 0 atom stereocenters. The molecule has 1 saturated carbocycles. The fourth-order valence-electron chi connectivity index (χ4n) is 3.58. The molecule has 1 aliphatic carbocycles. The smallest absolute Gasteiger partial charge is 0.407 e. The van der Waals surface area contributed by atoms with E-state index in [0.29, 0.717) is 24.2 Å². The maximum Gasteiger partial charge on any atom is 0.407 e. The summed E-state index contributed by atoms with van der Waals surface area (Å²) in [5.74, 6) is 0. The van der Waals surface area contributed by atoms with Gasteiger partial charge < -0.3 is 20.5 Å². The Morgan fingerprint density at radius 3 is 2.62 bits per heavy atom. The number of amides is 1. The quantitative estimate of drug-likeness (QED) is 0.702. The van der Waals surface area contributed by atoms with E-state index in [-0.39, 0.29) is 18.1 Å². The summed E-state index contributed by atoms with van der Waals surface area (Å²) in [6, 6.07) is 8.32. The molecule has 5 nitrogen and oxygen atoms in total. The summed E-state index contributed by atoms with van der Waals surface area (Å²) in [5.41, 5.74) is 0.486. The van der Waals surface area contributed by atoms with Crippen LogP contribution in [0.25, 0.3) is 0 Å². The van der Waals surface area contributed by atoms with Crippen molar-refractivity contribution in [1.29, 1.82) is 0 Å². The van der Waals surface area contributed by atoms with Crippen LogP contribution in [0.3, 0.4) is 0 Å². The van der Waals surface area contributed by atoms with Gasteiger partial charge in [-0.25, -0.2) is 4.79 Å². The maximum absolute atomic E-state index is 12.1. The van der Waals surface area contributed by atoms with Crippen molar-refractivity contribution < 1.29 is 14.6 Å². The van der Waals surface area contributed by atoms with Crippen LogP contribution in [0.4, 0.5) is 4.79 Å². The van der Waals surface area contributed by atoms with Crippen LogP contribution in [-0.2, 0) is 10.2 Å². The number of aliphatic hydroxyl groups excluding tert-OH is 1. The van der Waals surface area contributed by atoms with Gasteiger partial charge in [-0.3, -0.25) is 0 Å². The summed E-state index contributed by atoms with van der Waals surface area (Å²) < 4.78 is 5.39. The largest absolute Gasteiger partial charge is 0.444 e. The summed E-state index contributed by atoms with van der Waals surface area (Å²) in [6.45, 7) is 6.86. The Kier molecular flexibility index (Phi) is 7.33. The van der Waals surface area contributed by atoms with E-state index in [2.05, 4.69) is 16.7 Å². The summed E-state index contributed by atoms with van der Waals surface area (Å²) in [7, 11) is 0. The standard InChI is InChI=1S/C20H31ClN2O3/c1-19(2,3)26-18(25)23-14-20(15-5-4-6-16(21)13-15)9-7-17(8-10-20)22-11-12-24/h4-6,13,17,22,24H,7-12,14H2,1-3H3,(H,23,25). The Hall–Kier alpha value is -1.30. The fourth-order valence-corrected chi connectivity index (χ4v) is 3.77. The molecule has 0 aromatic heterocycles. The second-order valence-electron chi connectivity index (χ2n) is 8.10. The molecule has 0 saturated heterocycles. The highest BCUT2D eigenvalue weighted by Gasteiger charge is 2.37. The van der Waals surface area contributed by atoms with Gasteiger partial charge in [0.25, 0.3) is 0 Å². The number of rotatable bonds is 6. The zero-order valence-corrected chi connectivity index (χ0v) is 16.7. The van der Waals surface area contributed by atoms with Crippen LogP contribution in [0.1, 0.15) is 52.0 Å². The lowest BCUT2D eigenvalue weighted by molar-refractivity contribution is 0.0505. The molecule has 146 valence electrons. The van der Waals surface area contributed by atoms with E-state index < -0.39 is 5.60 Å². The molecular weight excluding hydrogens is 352 g/mol. The summed E-state index contributed by atoms with van der Waals surface area (Å²) >= 11 is 6.22. The third-order valence-electron chi connectivity index (χ3n) is 4.89. The van der Waals surface area contributed by atoms with Crippen LogP contribution in [0.15, 0.2) is 24.3 Å². The first kappa shape index (κ1) is 21.0. The van der Waals surface area contributed by atoms with E-state index in [0.717, 1.165) is 31.2 Å². The molecule has 1 amide bonds. The highest BCUT2D eigenvalue weighted by molar-refractivity contribution is 6.30. The molecular formula is C20H31ClN2O3. The van der Waals surface area contributed by atoms with Gasteiger partial charge in [-0.15, -0.1) is 0 Å². The second-order valence-corrected chi connectivity index (χ2v) is 8.53. The number of benzene rings is 1. The lowest BCUT2D eigenvalue weighted by atomic mass is 9.68. The van der Waals surface area contributed by atoms with Crippen molar-refractivity contribution in [2.45, 2.75) is 63.5 Å².